The van der Waals surface area contributed by atoms with Crippen LogP contribution >= 0.6 is 11.6 Å². The van der Waals surface area contributed by atoms with Gasteiger partial charge in [-0.25, -0.2) is 12.8 Å². The van der Waals surface area contributed by atoms with Crippen LogP contribution in [0, 0.1) is 5.82 Å². The summed E-state index contributed by atoms with van der Waals surface area (Å²) < 4.78 is 36.3. The van der Waals surface area contributed by atoms with Crippen LogP contribution in [0.25, 0.3) is 0 Å². The third-order valence-corrected chi connectivity index (χ3v) is 4.33. The molecule has 6 heteroatoms. The summed E-state index contributed by atoms with van der Waals surface area (Å²) in [6.07, 6.45) is 0.954. The van der Waals surface area contributed by atoms with Crippen LogP contribution in [-0.2, 0) is 16.3 Å². The van der Waals surface area contributed by atoms with Crippen molar-refractivity contribution in [1.29, 1.82) is 0 Å². The normalized spacial score (nSPS) is 11.4. The van der Waals surface area contributed by atoms with Gasteiger partial charge in [-0.1, -0.05) is 23.7 Å². The molecule has 2 aromatic rings. The van der Waals surface area contributed by atoms with Gasteiger partial charge in [0.2, 0.25) is 0 Å². The van der Waals surface area contributed by atoms with Gasteiger partial charge in [-0.3, -0.25) is 4.79 Å². The Kier molecular flexibility index (Phi) is 4.44. The van der Waals surface area contributed by atoms with Gasteiger partial charge in [0.1, 0.15) is 5.82 Å². The molecular weight excluding hydrogens is 315 g/mol. The Hall–Kier alpha value is -1.72. The van der Waals surface area contributed by atoms with E-state index in [2.05, 4.69) is 0 Å². The molecule has 110 valence electrons. The molecule has 0 unspecified atom stereocenters. The van der Waals surface area contributed by atoms with Gasteiger partial charge in [0, 0.05) is 23.3 Å². The molecule has 0 bridgehead atoms. The molecule has 0 aliphatic heterocycles. The van der Waals surface area contributed by atoms with Crippen LogP contribution in [-0.4, -0.2) is 20.5 Å². The molecule has 0 amide bonds. The fraction of sp³-hybridized carbons (Fsp3) is 0.133. The number of hydrogen-bond donors (Lipinski definition) is 0. The van der Waals surface area contributed by atoms with E-state index in [1.165, 1.54) is 42.5 Å². The summed E-state index contributed by atoms with van der Waals surface area (Å²) in [5.41, 5.74) is 0.529. The van der Waals surface area contributed by atoms with E-state index in [4.69, 9.17) is 11.6 Å². The molecule has 0 fully saturated rings. The van der Waals surface area contributed by atoms with E-state index in [9.17, 15) is 17.6 Å². The van der Waals surface area contributed by atoms with E-state index < -0.39 is 15.7 Å². The molecule has 0 heterocycles. The lowest BCUT2D eigenvalue weighted by atomic mass is 10.0. The molecule has 0 spiro atoms. The van der Waals surface area contributed by atoms with Crippen LogP contribution in [0.5, 0.6) is 0 Å². The monoisotopic (exact) mass is 326 g/mol. The van der Waals surface area contributed by atoms with Crippen LogP contribution in [0.1, 0.15) is 15.9 Å². The molecule has 0 aliphatic rings. The first-order chi connectivity index (χ1) is 9.77. The number of halogens is 2. The maximum absolute atomic E-state index is 13.6. The summed E-state index contributed by atoms with van der Waals surface area (Å²) >= 11 is 5.77. The Morgan fingerprint density at radius 3 is 2.33 bits per heavy atom. The SMILES string of the molecule is CS(=O)(=O)c1ccc(C(=O)Cc2cc(Cl)ccc2F)cc1. The minimum absolute atomic E-state index is 0.132. The number of rotatable bonds is 4. The topological polar surface area (TPSA) is 51.2 Å². The number of hydrogen-bond acceptors (Lipinski definition) is 3. The zero-order chi connectivity index (χ0) is 15.6. The molecule has 21 heavy (non-hydrogen) atoms. The standard InChI is InChI=1S/C15H12ClFO3S/c1-21(19,20)13-5-2-10(3-6-13)15(18)9-11-8-12(16)4-7-14(11)17/h2-8H,9H2,1H3. The summed E-state index contributed by atoms with van der Waals surface area (Å²) in [4.78, 5) is 12.2. The maximum atomic E-state index is 13.6. The van der Waals surface area contributed by atoms with Crippen molar-refractivity contribution >= 4 is 27.2 Å². The van der Waals surface area contributed by atoms with Crippen LogP contribution in [0.3, 0.4) is 0 Å². The Morgan fingerprint density at radius 2 is 1.76 bits per heavy atom. The van der Waals surface area contributed by atoms with Gasteiger partial charge >= 0.3 is 0 Å². The van der Waals surface area contributed by atoms with Gasteiger partial charge in [-0.05, 0) is 35.9 Å². The Balaban J connectivity index is 2.23. The maximum Gasteiger partial charge on any atom is 0.175 e. The lowest BCUT2D eigenvalue weighted by Gasteiger charge is -2.05. The fourth-order valence-corrected chi connectivity index (χ4v) is 2.67. The second kappa shape index (κ2) is 5.95. The highest BCUT2D eigenvalue weighted by Crippen LogP contribution is 2.18. The van der Waals surface area contributed by atoms with Gasteiger partial charge < -0.3 is 0 Å². The predicted molar refractivity (Wildman–Crippen MR) is 79.0 cm³/mol. The number of ketones is 1. The van der Waals surface area contributed by atoms with E-state index >= 15 is 0 Å². The smallest absolute Gasteiger partial charge is 0.175 e. The van der Waals surface area contributed by atoms with Gasteiger partial charge in [-0.2, -0.15) is 0 Å². The van der Waals surface area contributed by atoms with Gasteiger partial charge in [0.25, 0.3) is 0 Å². The molecule has 0 radical (unpaired) electrons. The highest BCUT2D eigenvalue weighted by Gasteiger charge is 2.13. The zero-order valence-corrected chi connectivity index (χ0v) is 12.7. The largest absolute Gasteiger partial charge is 0.294 e. The third kappa shape index (κ3) is 3.89. The number of Topliss-reactive ketones (excluding diaryl/α,β-unsaturated/α-hetero) is 1. The van der Waals surface area contributed by atoms with E-state index in [0.29, 0.717) is 10.6 Å². The number of benzene rings is 2. The molecule has 2 aromatic carbocycles. The molecule has 0 aliphatic carbocycles. The van der Waals surface area contributed by atoms with Gasteiger partial charge in [0.15, 0.2) is 15.6 Å². The highest BCUT2D eigenvalue weighted by atomic mass is 35.5. The molecule has 0 N–H and O–H groups in total. The quantitative estimate of drug-likeness (QED) is 0.810. The van der Waals surface area contributed by atoms with Gasteiger partial charge in [0.05, 0.1) is 4.90 Å². The third-order valence-electron chi connectivity index (χ3n) is 2.96. The minimum Gasteiger partial charge on any atom is -0.294 e. The van der Waals surface area contributed by atoms with E-state index in [-0.39, 0.29) is 22.7 Å². The van der Waals surface area contributed by atoms with Crippen LogP contribution in [0.15, 0.2) is 47.4 Å². The van der Waals surface area contributed by atoms with Gasteiger partial charge in [-0.15, -0.1) is 0 Å². The second-order valence-corrected chi connectivity index (χ2v) is 7.08. The molecule has 0 saturated heterocycles. The molecule has 0 atom stereocenters. The number of sulfone groups is 1. The van der Waals surface area contributed by atoms with Crippen molar-refractivity contribution in [3.05, 3.63) is 64.4 Å². The van der Waals surface area contributed by atoms with Crippen LogP contribution in [0.2, 0.25) is 5.02 Å². The predicted octanol–water partition coefficient (Wildman–Crippen LogP) is 3.31. The van der Waals surface area contributed by atoms with Crippen molar-refractivity contribution < 1.29 is 17.6 Å². The van der Waals surface area contributed by atoms with Crippen molar-refractivity contribution in [3.63, 3.8) is 0 Å². The average molecular weight is 327 g/mol. The molecule has 3 nitrogen and oxygen atoms in total. The summed E-state index contributed by atoms with van der Waals surface area (Å²) in [5, 5.41) is 0.353. The zero-order valence-electron chi connectivity index (χ0n) is 11.1. The Bertz CT molecular complexity index is 783. The fourth-order valence-electron chi connectivity index (χ4n) is 1.84. The lowest BCUT2D eigenvalue weighted by Crippen LogP contribution is -2.06. The minimum atomic E-state index is -3.31. The van der Waals surface area contributed by atoms with Crippen molar-refractivity contribution in [2.24, 2.45) is 0 Å². The van der Waals surface area contributed by atoms with Crippen LogP contribution in [0.4, 0.5) is 4.39 Å². The van der Waals surface area contributed by atoms with Crippen molar-refractivity contribution in [2.45, 2.75) is 11.3 Å². The van der Waals surface area contributed by atoms with Crippen LogP contribution < -0.4 is 0 Å². The molecule has 0 aromatic heterocycles. The highest BCUT2D eigenvalue weighted by molar-refractivity contribution is 7.90. The lowest BCUT2D eigenvalue weighted by molar-refractivity contribution is 0.0991. The molecule has 0 saturated carbocycles. The first-order valence-electron chi connectivity index (χ1n) is 6.04. The first kappa shape index (κ1) is 15.7. The van der Waals surface area contributed by atoms with E-state index in [1.807, 2.05) is 0 Å². The molecule has 2 rings (SSSR count). The first-order valence-corrected chi connectivity index (χ1v) is 8.31. The summed E-state index contributed by atoms with van der Waals surface area (Å²) in [5.74, 6) is -0.809. The second-order valence-electron chi connectivity index (χ2n) is 4.63. The van der Waals surface area contributed by atoms with Crippen molar-refractivity contribution in [2.75, 3.05) is 6.26 Å². The van der Waals surface area contributed by atoms with E-state index in [1.54, 1.807) is 0 Å². The van der Waals surface area contributed by atoms with Crippen molar-refractivity contribution in [3.8, 4) is 0 Å². The average Bonchev–Trinajstić information content (AvgIpc) is 2.42. The Labute approximate surface area is 127 Å². The summed E-state index contributed by atoms with van der Waals surface area (Å²) in [7, 11) is -3.31. The Morgan fingerprint density at radius 1 is 1.14 bits per heavy atom. The number of carbonyl (C=O) groups is 1. The van der Waals surface area contributed by atoms with E-state index in [0.717, 1.165) is 6.26 Å². The molecular formula is C15H12ClFO3S. The summed E-state index contributed by atoms with van der Waals surface area (Å²) in [6.45, 7) is 0. The summed E-state index contributed by atoms with van der Waals surface area (Å²) in [6, 6.07) is 9.57. The number of carbonyl (C=O) groups excluding carboxylic acids is 1. The van der Waals surface area contributed by atoms with Crippen molar-refractivity contribution in [1.82, 2.24) is 0 Å².